The summed E-state index contributed by atoms with van der Waals surface area (Å²) < 4.78 is 58.0. The number of amides is 1. The van der Waals surface area contributed by atoms with Gasteiger partial charge in [0.15, 0.2) is 0 Å². The van der Waals surface area contributed by atoms with Crippen LogP contribution in [0.3, 0.4) is 0 Å². The first-order valence-electron chi connectivity index (χ1n) is 50.7. The number of carboxylic acid groups (broad SMARTS) is 1. The number of H-pyrrole nitrogens is 1. The lowest BCUT2D eigenvalue weighted by Crippen LogP contribution is -2.41. The van der Waals surface area contributed by atoms with E-state index in [1.807, 2.05) is 174 Å². The second-order valence-electron chi connectivity index (χ2n) is 40.1. The van der Waals surface area contributed by atoms with Gasteiger partial charge < -0.3 is 67.5 Å². The molecule has 15 heterocycles. The highest BCUT2D eigenvalue weighted by molar-refractivity contribution is 6.62. The van der Waals surface area contributed by atoms with Gasteiger partial charge in [0.25, 0.3) is 5.91 Å². The summed E-state index contributed by atoms with van der Waals surface area (Å²) in [5.41, 5.74) is 16.6. The van der Waals surface area contributed by atoms with Crippen LogP contribution in [-0.4, -0.2) is 285 Å². The van der Waals surface area contributed by atoms with E-state index in [9.17, 15) is 19.2 Å². The maximum atomic E-state index is 12.9. The molecule has 7 fully saturated rings. The van der Waals surface area contributed by atoms with Gasteiger partial charge in [-0.15, -0.1) is 0 Å². The molecule has 16 aromatic rings. The number of hydrogen-bond acceptors (Lipinski definition) is 26. The molecule has 8 aromatic carbocycles. The Bertz CT molecular complexity index is 7360. The summed E-state index contributed by atoms with van der Waals surface area (Å²) in [6.45, 7) is 46.2. The number of fused-ring (bicyclic) bond motifs is 8. The number of rotatable bonds is 11. The number of aromatic amines is 1. The Morgan fingerprint density at radius 1 is 0.393 bits per heavy atom. The number of aromatic nitrogens is 11. The Balaban J connectivity index is 0.000000134. The number of imidazole rings is 3. The number of aromatic carboxylic acids is 1. The van der Waals surface area contributed by atoms with Crippen molar-refractivity contribution in [2.24, 2.45) is 0 Å². The van der Waals surface area contributed by atoms with Gasteiger partial charge in [-0.2, -0.15) is 0 Å². The number of carbonyl (C=O) groups excluding carboxylic acids is 3. The van der Waals surface area contributed by atoms with Crippen molar-refractivity contribution in [3.8, 4) is 22.5 Å². The lowest BCUT2D eigenvalue weighted by molar-refractivity contribution is 0.00578. The third-order valence-electron chi connectivity index (χ3n) is 26.2. The number of hydrogen-bond donors (Lipinski definition) is 3. The van der Waals surface area contributed by atoms with E-state index in [0.29, 0.717) is 75.8 Å². The fourth-order valence-electron chi connectivity index (χ4n) is 18.1. The molecule has 150 heavy (non-hydrogen) atoms. The first-order valence-corrected chi connectivity index (χ1v) is 51.8. The molecule has 36 heteroatoms. The van der Waals surface area contributed by atoms with Gasteiger partial charge in [0.05, 0.1) is 160 Å². The van der Waals surface area contributed by atoms with E-state index in [1.54, 1.807) is 46.7 Å². The number of aryl methyl sites for hydroxylation is 3. The number of ether oxygens (including phenoxy) is 8. The number of benzene rings is 8. The maximum absolute atomic E-state index is 12.9. The monoisotopic (exact) mass is 2090 g/mol. The summed E-state index contributed by atoms with van der Waals surface area (Å²) in [6, 6.07) is 66.7. The molecule has 0 aliphatic carbocycles. The molecule has 31 nitrogen and oxygen atoms in total. The summed E-state index contributed by atoms with van der Waals surface area (Å²) in [7, 11) is -0.494. The number of carboxylic acids is 1. The molecule has 0 saturated carbocycles. The molecular formula is C114H130B2Cl3N16O15. The van der Waals surface area contributed by atoms with E-state index >= 15 is 0 Å². The number of pyridine rings is 5. The summed E-state index contributed by atoms with van der Waals surface area (Å²) in [4.78, 5) is 97.4. The van der Waals surface area contributed by atoms with Crippen molar-refractivity contribution in [3.05, 3.63) is 267 Å². The van der Waals surface area contributed by atoms with Crippen LogP contribution in [0.5, 0.6) is 0 Å². The Kier molecular flexibility index (Phi) is 38.1. The maximum Gasteiger partial charge on any atom is 0.494 e. The molecule has 783 valence electrons. The summed E-state index contributed by atoms with van der Waals surface area (Å²) >= 11 is 17.8. The van der Waals surface area contributed by atoms with Gasteiger partial charge in [-0.25, -0.2) is 63.4 Å². The molecule has 23 rings (SSSR count). The van der Waals surface area contributed by atoms with Crippen LogP contribution in [-0.2, 0) is 66.8 Å². The van der Waals surface area contributed by atoms with Gasteiger partial charge in [0.2, 0.25) is 0 Å². The molecule has 0 bridgehead atoms. The fraction of sp³-hybridized carbons (Fsp3) is 0.386. The zero-order chi connectivity index (χ0) is 105. The van der Waals surface area contributed by atoms with Crippen LogP contribution < -0.4 is 10.8 Å². The van der Waals surface area contributed by atoms with Gasteiger partial charge in [-0.05, 0) is 222 Å². The molecule has 8 aromatic heterocycles. The zero-order valence-electron chi connectivity index (χ0n) is 87.4. The van der Waals surface area contributed by atoms with Crippen LogP contribution >= 0.6 is 34.8 Å². The van der Waals surface area contributed by atoms with Crippen molar-refractivity contribution >= 4 is 167 Å². The van der Waals surface area contributed by atoms with E-state index in [0.717, 1.165) is 227 Å². The topological polar surface area (TPSA) is 335 Å². The Morgan fingerprint density at radius 3 is 1.17 bits per heavy atom. The minimum Gasteiger partial charge on any atom is -0.478 e. The van der Waals surface area contributed by atoms with Crippen molar-refractivity contribution in [1.82, 2.24) is 78.9 Å². The van der Waals surface area contributed by atoms with Crippen molar-refractivity contribution in [1.29, 1.82) is 0 Å². The molecule has 3 N–H and O–H groups in total. The van der Waals surface area contributed by atoms with Crippen molar-refractivity contribution < 1.29 is 71.5 Å². The van der Waals surface area contributed by atoms with Gasteiger partial charge in [0.1, 0.15) is 44.1 Å². The third-order valence-corrected chi connectivity index (χ3v) is 26.8. The average Bonchev–Trinajstić information content (AvgIpc) is 1.60. The number of morpholine rings is 5. The Morgan fingerprint density at radius 2 is 0.753 bits per heavy atom. The van der Waals surface area contributed by atoms with Gasteiger partial charge in [-0.3, -0.25) is 19.5 Å². The minimum absolute atomic E-state index is 0. The molecule has 3 radical (unpaired) electrons. The van der Waals surface area contributed by atoms with Crippen LogP contribution in [0, 0.1) is 20.8 Å². The summed E-state index contributed by atoms with van der Waals surface area (Å²) in [5.74, 6) is 1.11. The van der Waals surface area contributed by atoms with Gasteiger partial charge in [0, 0.05) is 145 Å². The van der Waals surface area contributed by atoms with E-state index < -0.39 is 47.7 Å². The predicted octanol–water partition coefficient (Wildman–Crippen LogP) is 20.2. The SMILES string of the molecule is C1CCOC1.C1COCCN1.Cc1nc2ccc(-c3cc(CN4CCOCC4)c4ccccc4n3)cc2[nH]1.Cc1nc2ccc(-c3cc(CN4CCOCC4)c4ccccc4n3)cc2n1C(=O)OC(C)(C)C.Cc1nc2ccc(B3OC(C)(C)C(C)(C)O3)cc2n1C(=O)OC(C)(C)C.Clc1cc(CN2CCOCC2)c2ccccc2n1.O=C(O)c1cc(Cl)nc2ccccc12.O=C(c1cc(Cl)nc2ccccc12)N1CCOCC1.[B]. The van der Waals surface area contributed by atoms with Crippen molar-refractivity contribution in [2.45, 2.75) is 145 Å². The van der Waals surface area contributed by atoms with Crippen LogP contribution in [0.25, 0.3) is 110 Å². The highest BCUT2D eigenvalue weighted by Crippen LogP contribution is 2.39. The second-order valence-corrected chi connectivity index (χ2v) is 41.3. The quantitative estimate of drug-likeness (QED) is 0.0800. The standard InChI is InChI=1S/C27H30N4O3.C22H22N4O.C19H27BN2O4.C14H13ClN2O2.C14H15ClN2O.C10H6ClNO2.C4H9NO.C4H8O.B/c1-18-28-23-10-9-19(16-25(23)31(18)26(32)34-27(2,3)4)24-15-20(17-30-11-13-33-14-12-30)21-7-5-6-8-22(21)29-24;1-15-23-20-7-6-16(12-22(20)24-15)21-13-17(14-26-8-10-27-11-9-26)18-4-2-3-5-19(18)25-21;1-12-21-14-10-9-13(20-25-18(5,6)19(7,8)26-20)11-15(14)22(12)16(23)24-17(2,3)4;15-13-9-11(10-3-1-2-4-12(10)16-13)14(18)17-5-7-19-8-6-17;15-14-9-11(10-17-5-7-18-8-6-17)12-3-1-2-4-13(12)16-14;11-9-5-7(10(13)14)6-3-1-2-4-8(6)12-9;1-3-6-4-2-5-1;1-2-4-5-3-1;/h5-10,15-16H,11-14,17H2,1-4H3;2-7,12-13H,8-11,14H2,1H3,(H,23,24);9-11H,1-8H3;1-4,9H,5-8H2;1-4,9H,5-8,10H2;1-5H,(H,13,14);5H,1-4H2;1-4H2;. The molecule has 7 aliphatic rings. The fourth-order valence-corrected chi connectivity index (χ4v) is 18.7. The van der Waals surface area contributed by atoms with E-state index in [1.165, 1.54) is 50.9 Å². The Labute approximate surface area is 891 Å². The lowest BCUT2D eigenvalue weighted by atomic mass is 9.79. The van der Waals surface area contributed by atoms with Crippen LogP contribution in [0.2, 0.25) is 15.5 Å². The molecule has 1 amide bonds. The molecule has 0 unspecified atom stereocenters. The first-order chi connectivity index (χ1) is 71.6. The second kappa shape index (κ2) is 51.2. The Hall–Kier alpha value is -12.4. The minimum atomic E-state index is -0.995. The number of nitrogens with one attached hydrogen (secondary N) is 2. The van der Waals surface area contributed by atoms with Gasteiger partial charge in [-0.1, -0.05) is 144 Å². The van der Waals surface area contributed by atoms with Crippen LogP contribution in [0.4, 0.5) is 9.59 Å². The van der Waals surface area contributed by atoms with Crippen molar-refractivity contribution in [2.75, 3.05) is 145 Å². The molecule has 7 aliphatic heterocycles. The van der Waals surface area contributed by atoms with Crippen LogP contribution in [0.15, 0.2) is 206 Å². The summed E-state index contributed by atoms with van der Waals surface area (Å²) in [5, 5.41) is 18.2. The predicted molar refractivity (Wildman–Crippen MR) is 592 cm³/mol. The van der Waals surface area contributed by atoms with E-state index in [-0.39, 0.29) is 25.0 Å². The van der Waals surface area contributed by atoms with Gasteiger partial charge >= 0.3 is 25.3 Å². The first kappa shape index (κ1) is 112. The van der Waals surface area contributed by atoms with E-state index in [4.69, 9.17) is 97.1 Å². The number of halogens is 3. The van der Waals surface area contributed by atoms with Crippen LogP contribution in [0.1, 0.15) is 137 Å². The number of nitrogens with zero attached hydrogens (tertiary/aromatic N) is 14. The lowest BCUT2D eigenvalue weighted by Gasteiger charge is -2.32. The third kappa shape index (κ3) is 29.3. The number of para-hydroxylation sites is 5. The highest BCUT2D eigenvalue weighted by atomic mass is 35.5. The normalized spacial score (nSPS) is 16.3. The summed E-state index contributed by atoms with van der Waals surface area (Å²) in [6.07, 6.45) is 1.69. The number of carbonyl (C=O) groups is 4. The molecule has 7 saturated heterocycles. The van der Waals surface area contributed by atoms with Crippen molar-refractivity contribution in [3.63, 3.8) is 0 Å². The molecular weight excluding hydrogens is 1960 g/mol. The smallest absolute Gasteiger partial charge is 0.478 e. The molecule has 0 spiro atoms. The highest BCUT2D eigenvalue weighted by Gasteiger charge is 2.52. The molecule has 0 atom stereocenters. The largest absolute Gasteiger partial charge is 0.494 e. The zero-order valence-corrected chi connectivity index (χ0v) is 89.7. The average molecular weight is 2090 g/mol. The van der Waals surface area contributed by atoms with E-state index in [2.05, 4.69) is 134 Å².